The molecule has 2 aliphatic rings. The predicted octanol–water partition coefficient (Wildman–Crippen LogP) is 4.69. The first-order chi connectivity index (χ1) is 16.5. The Balaban J connectivity index is 1.59. The molecule has 1 saturated carbocycles. The zero-order valence-electron chi connectivity index (χ0n) is 20.6. The van der Waals surface area contributed by atoms with Gasteiger partial charge in [-0.25, -0.2) is 0 Å². The van der Waals surface area contributed by atoms with Gasteiger partial charge in [-0.3, -0.25) is 9.59 Å². The molecule has 2 amide bonds. The van der Waals surface area contributed by atoms with Gasteiger partial charge in [-0.2, -0.15) is 0 Å². The van der Waals surface area contributed by atoms with Gasteiger partial charge in [-0.05, 0) is 49.4 Å². The summed E-state index contributed by atoms with van der Waals surface area (Å²) < 4.78 is 10.8. The summed E-state index contributed by atoms with van der Waals surface area (Å²) in [4.78, 5) is 31.0. The number of methoxy groups -OCH3 is 2. The van der Waals surface area contributed by atoms with Gasteiger partial charge in [0.15, 0.2) is 11.5 Å². The van der Waals surface area contributed by atoms with Gasteiger partial charge in [0.05, 0.1) is 14.2 Å². The van der Waals surface area contributed by atoms with Crippen molar-refractivity contribution in [1.82, 2.24) is 9.80 Å². The van der Waals surface area contributed by atoms with Gasteiger partial charge in [0.25, 0.3) is 5.91 Å². The molecular formula is C28H36N2O4. The minimum absolute atomic E-state index is 0.0231. The van der Waals surface area contributed by atoms with Gasteiger partial charge in [-0.1, -0.05) is 61.6 Å². The van der Waals surface area contributed by atoms with E-state index < -0.39 is 6.04 Å². The molecule has 0 unspecified atom stereocenters. The quantitative estimate of drug-likeness (QED) is 0.558. The molecule has 0 N–H and O–H groups in total. The van der Waals surface area contributed by atoms with Crippen molar-refractivity contribution in [3.8, 4) is 11.5 Å². The maximum atomic E-state index is 13.9. The molecule has 1 atom stereocenters. The van der Waals surface area contributed by atoms with Crippen LogP contribution in [0.1, 0.15) is 61.3 Å². The van der Waals surface area contributed by atoms with Crippen LogP contribution in [-0.4, -0.2) is 55.0 Å². The molecule has 2 fully saturated rings. The maximum Gasteiger partial charge on any atom is 0.250 e. The van der Waals surface area contributed by atoms with E-state index in [1.165, 1.54) is 12.8 Å². The monoisotopic (exact) mass is 464 g/mol. The fourth-order valence-electron chi connectivity index (χ4n) is 5.24. The molecule has 1 aliphatic heterocycles. The molecule has 6 nitrogen and oxygen atoms in total. The topological polar surface area (TPSA) is 59.1 Å². The van der Waals surface area contributed by atoms with Gasteiger partial charge in [0.2, 0.25) is 5.91 Å². The summed E-state index contributed by atoms with van der Waals surface area (Å²) in [6.45, 7) is 2.68. The molecule has 1 saturated heterocycles. The van der Waals surface area contributed by atoms with Crippen molar-refractivity contribution in [3.05, 3.63) is 59.2 Å². The molecule has 0 spiro atoms. The molecular weight excluding hydrogens is 428 g/mol. The standard InChI is InChI=1S/C28H36N2O4/c1-20-10-13-22(14-11-20)27-28(32)30(23-8-6-4-5-7-9-23)19-26(31)29(27)17-16-21-12-15-24(33-2)25(18-21)34-3/h10-15,18,23,27H,4-9,16-17,19H2,1-3H3/t27-/m0/s1. The molecule has 0 bridgehead atoms. The maximum absolute atomic E-state index is 13.9. The zero-order chi connectivity index (χ0) is 24.1. The summed E-state index contributed by atoms with van der Waals surface area (Å²) in [5, 5.41) is 0. The molecule has 0 radical (unpaired) electrons. The van der Waals surface area contributed by atoms with Crippen molar-refractivity contribution in [3.63, 3.8) is 0 Å². The summed E-state index contributed by atoms with van der Waals surface area (Å²) in [5.74, 6) is 1.42. The van der Waals surface area contributed by atoms with Gasteiger partial charge in [0.1, 0.15) is 12.6 Å². The predicted molar refractivity (Wildman–Crippen MR) is 132 cm³/mol. The highest BCUT2D eigenvalue weighted by Gasteiger charge is 2.42. The Kier molecular flexibility index (Phi) is 7.76. The number of amides is 2. The number of ether oxygens (including phenoxy) is 2. The first kappa shape index (κ1) is 24.1. The van der Waals surface area contributed by atoms with E-state index in [1.807, 2.05) is 54.3 Å². The number of nitrogens with zero attached hydrogens (tertiary/aromatic N) is 2. The Hall–Kier alpha value is -3.02. The molecule has 2 aromatic rings. The Morgan fingerprint density at radius 2 is 1.56 bits per heavy atom. The lowest BCUT2D eigenvalue weighted by Gasteiger charge is -2.43. The molecule has 6 heteroatoms. The van der Waals surface area contributed by atoms with Crippen LogP contribution in [0, 0.1) is 6.92 Å². The number of hydrogen-bond donors (Lipinski definition) is 0. The van der Waals surface area contributed by atoms with Crippen LogP contribution in [0.3, 0.4) is 0 Å². The van der Waals surface area contributed by atoms with Crippen LogP contribution in [-0.2, 0) is 16.0 Å². The largest absolute Gasteiger partial charge is 0.493 e. The Morgan fingerprint density at radius 1 is 0.882 bits per heavy atom. The summed E-state index contributed by atoms with van der Waals surface area (Å²) in [6.07, 6.45) is 7.29. The van der Waals surface area contributed by atoms with E-state index in [-0.39, 0.29) is 24.4 Å². The zero-order valence-corrected chi connectivity index (χ0v) is 20.6. The van der Waals surface area contributed by atoms with E-state index in [0.29, 0.717) is 24.5 Å². The molecule has 1 heterocycles. The first-order valence-corrected chi connectivity index (χ1v) is 12.4. The lowest BCUT2D eigenvalue weighted by Crippen LogP contribution is -2.58. The second kappa shape index (κ2) is 10.9. The third kappa shape index (κ3) is 5.21. The lowest BCUT2D eigenvalue weighted by atomic mass is 9.96. The van der Waals surface area contributed by atoms with Crippen LogP contribution in [0.2, 0.25) is 0 Å². The van der Waals surface area contributed by atoms with E-state index in [1.54, 1.807) is 19.1 Å². The summed E-state index contributed by atoms with van der Waals surface area (Å²) in [5.41, 5.74) is 3.05. The average molecular weight is 465 g/mol. The number of piperazine rings is 1. The van der Waals surface area contributed by atoms with Crippen LogP contribution in [0.25, 0.3) is 0 Å². The molecule has 34 heavy (non-hydrogen) atoms. The van der Waals surface area contributed by atoms with Crippen LogP contribution in [0.15, 0.2) is 42.5 Å². The van der Waals surface area contributed by atoms with Crippen molar-refractivity contribution < 1.29 is 19.1 Å². The highest BCUT2D eigenvalue weighted by molar-refractivity contribution is 5.95. The van der Waals surface area contributed by atoms with Crippen molar-refractivity contribution in [2.45, 2.75) is 64.0 Å². The van der Waals surface area contributed by atoms with E-state index >= 15 is 0 Å². The van der Waals surface area contributed by atoms with Crippen LogP contribution < -0.4 is 9.47 Å². The number of hydrogen-bond acceptors (Lipinski definition) is 4. The van der Waals surface area contributed by atoms with Crippen molar-refractivity contribution >= 4 is 11.8 Å². The van der Waals surface area contributed by atoms with Crippen LogP contribution >= 0.6 is 0 Å². The number of carbonyl (C=O) groups is 2. The molecule has 2 aromatic carbocycles. The van der Waals surface area contributed by atoms with E-state index in [0.717, 1.165) is 42.4 Å². The Morgan fingerprint density at radius 3 is 2.21 bits per heavy atom. The molecule has 1 aliphatic carbocycles. The van der Waals surface area contributed by atoms with E-state index in [2.05, 4.69) is 0 Å². The summed E-state index contributed by atoms with van der Waals surface area (Å²) >= 11 is 0. The molecule has 4 rings (SSSR count). The number of benzene rings is 2. The third-order valence-corrected chi connectivity index (χ3v) is 7.20. The van der Waals surface area contributed by atoms with Gasteiger partial charge in [-0.15, -0.1) is 0 Å². The second-order valence-corrected chi connectivity index (χ2v) is 9.45. The van der Waals surface area contributed by atoms with Crippen molar-refractivity contribution in [2.75, 3.05) is 27.3 Å². The normalized spacial score (nSPS) is 19.8. The second-order valence-electron chi connectivity index (χ2n) is 9.45. The van der Waals surface area contributed by atoms with Crippen LogP contribution in [0.5, 0.6) is 11.5 Å². The number of carbonyl (C=O) groups excluding carboxylic acids is 2. The number of aryl methyl sites for hydroxylation is 1. The van der Waals surface area contributed by atoms with E-state index in [9.17, 15) is 9.59 Å². The highest BCUT2D eigenvalue weighted by atomic mass is 16.5. The summed E-state index contributed by atoms with van der Waals surface area (Å²) in [6, 6.07) is 13.4. The Bertz CT molecular complexity index is 996. The minimum Gasteiger partial charge on any atom is -0.493 e. The van der Waals surface area contributed by atoms with Gasteiger partial charge in [0, 0.05) is 12.6 Å². The van der Waals surface area contributed by atoms with Crippen molar-refractivity contribution in [2.24, 2.45) is 0 Å². The lowest BCUT2D eigenvalue weighted by molar-refractivity contribution is -0.158. The first-order valence-electron chi connectivity index (χ1n) is 12.4. The minimum atomic E-state index is -0.578. The fourth-order valence-corrected chi connectivity index (χ4v) is 5.24. The third-order valence-electron chi connectivity index (χ3n) is 7.20. The molecule has 0 aromatic heterocycles. The van der Waals surface area contributed by atoms with Crippen molar-refractivity contribution in [1.29, 1.82) is 0 Å². The SMILES string of the molecule is COc1ccc(CCN2C(=O)CN(C3CCCCCC3)C(=O)[C@@H]2c2ccc(C)cc2)cc1OC. The highest BCUT2D eigenvalue weighted by Crippen LogP contribution is 2.33. The Labute approximate surface area is 202 Å². The van der Waals surface area contributed by atoms with Crippen LogP contribution in [0.4, 0.5) is 0 Å². The fraction of sp³-hybridized carbons (Fsp3) is 0.500. The smallest absolute Gasteiger partial charge is 0.250 e. The van der Waals surface area contributed by atoms with Gasteiger partial charge >= 0.3 is 0 Å². The average Bonchev–Trinajstić information content (AvgIpc) is 3.14. The van der Waals surface area contributed by atoms with Gasteiger partial charge < -0.3 is 19.3 Å². The number of rotatable bonds is 7. The summed E-state index contributed by atoms with van der Waals surface area (Å²) in [7, 11) is 3.23. The van der Waals surface area contributed by atoms with E-state index in [4.69, 9.17) is 9.47 Å². The molecule has 182 valence electrons.